The number of esters is 1. The molecule has 0 N–H and O–H groups in total. The van der Waals surface area contributed by atoms with Gasteiger partial charge in [0.15, 0.2) is 11.5 Å². The van der Waals surface area contributed by atoms with E-state index in [4.69, 9.17) is 14.2 Å². The highest BCUT2D eigenvalue weighted by Crippen LogP contribution is 2.39. The van der Waals surface area contributed by atoms with Crippen molar-refractivity contribution in [2.24, 2.45) is 0 Å². The number of methoxy groups -OCH3 is 3. The maximum atomic E-state index is 11.9. The molecule has 1 atom stereocenters. The Balaban J connectivity index is 2.43. The number of carbonyl (C=O) groups excluding carboxylic acids is 1. The first-order valence-corrected chi connectivity index (χ1v) is 7.70. The van der Waals surface area contributed by atoms with Crippen LogP contribution in [0.3, 0.4) is 0 Å². The number of hydrogen-bond donors (Lipinski definition) is 0. The minimum Gasteiger partial charge on any atom is -0.493 e. The van der Waals surface area contributed by atoms with E-state index in [9.17, 15) is 4.79 Å². The van der Waals surface area contributed by atoms with Crippen molar-refractivity contribution in [3.8, 4) is 11.5 Å². The van der Waals surface area contributed by atoms with E-state index in [2.05, 4.69) is 11.5 Å². The summed E-state index contributed by atoms with van der Waals surface area (Å²) < 4.78 is 15.7. The molecule has 0 spiro atoms. The van der Waals surface area contributed by atoms with Crippen LogP contribution in [0, 0.1) is 0 Å². The van der Waals surface area contributed by atoms with Gasteiger partial charge in [-0.05, 0) is 36.6 Å². The van der Waals surface area contributed by atoms with Crippen LogP contribution in [0.2, 0.25) is 0 Å². The summed E-state index contributed by atoms with van der Waals surface area (Å²) in [4.78, 5) is 14.1. The van der Waals surface area contributed by atoms with E-state index in [1.807, 2.05) is 19.1 Å². The van der Waals surface area contributed by atoms with Crippen LogP contribution in [-0.2, 0) is 16.0 Å². The molecular weight excluding hydrogens is 294 g/mol. The molecule has 1 aromatic rings. The molecule has 0 saturated carbocycles. The molecule has 1 aliphatic heterocycles. The van der Waals surface area contributed by atoms with Crippen LogP contribution >= 0.6 is 0 Å². The van der Waals surface area contributed by atoms with Crippen molar-refractivity contribution in [1.82, 2.24) is 4.90 Å². The van der Waals surface area contributed by atoms with Crippen molar-refractivity contribution in [2.75, 3.05) is 34.4 Å². The average molecular weight is 319 g/mol. The third-order valence-corrected chi connectivity index (χ3v) is 4.17. The lowest BCUT2D eigenvalue weighted by molar-refractivity contribution is -0.142. The lowest BCUT2D eigenvalue weighted by Crippen LogP contribution is -2.37. The average Bonchev–Trinajstić information content (AvgIpc) is 2.54. The normalized spacial score (nSPS) is 17.3. The van der Waals surface area contributed by atoms with Gasteiger partial charge in [-0.1, -0.05) is 12.2 Å². The SMILES string of the molecule is C=C(C)CN1CCc2cc(OC)c(OC)cc2[C@@H]1CC(=O)OC. The summed E-state index contributed by atoms with van der Waals surface area (Å²) in [6.45, 7) is 7.63. The molecule has 0 aliphatic carbocycles. The van der Waals surface area contributed by atoms with Crippen LogP contribution < -0.4 is 9.47 Å². The monoisotopic (exact) mass is 319 g/mol. The standard InChI is InChI=1S/C18H25NO4/c1-12(2)11-19-7-6-13-8-16(21-3)17(22-4)9-14(13)15(19)10-18(20)23-5/h8-9,15H,1,6-7,10-11H2,2-5H3/t15-/m0/s1. The summed E-state index contributed by atoms with van der Waals surface area (Å²) >= 11 is 0. The van der Waals surface area contributed by atoms with Crippen molar-refractivity contribution in [1.29, 1.82) is 0 Å². The van der Waals surface area contributed by atoms with Gasteiger partial charge in [0.05, 0.1) is 27.8 Å². The van der Waals surface area contributed by atoms with Crippen molar-refractivity contribution < 1.29 is 19.0 Å². The topological polar surface area (TPSA) is 48.0 Å². The predicted octanol–water partition coefficient (Wildman–Crippen LogP) is 2.74. The highest BCUT2D eigenvalue weighted by molar-refractivity contribution is 5.70. The molecule has 126 valence electrons. The minimum absolute atomic E-state index is 0.0392. The van der Waals surface area contributed by atoms with Gasteiger partial charge in [0.25, 0.3) is 0 Å². The molecule has 5 heteroatoms. The van der Waals surface area contributed by atoms with E-state index in [0.717, 1.165) is 36.4 Å². The van der Waals surface area contributed by atoms with Crippen molar-refractivity contribution in [3.05, 3.63) is 35.4 Å². The first kappa shape index (κ1) is 17.3. The van der Waals surface area contributed by atoms with Gasteiger partial charge in [0, 0.05) is 19.1 Å². The Hall–Kier alpha value is -2.01. The number of carbonyl (C=O) groups is 1. The van der Waals surface area contributed by atoms with Crippen molar-refractivity contribution in [2.45, 2.75) is 25.8 Å². The third kappa shape index (κ3) is 3.85. The fourth-order valence-electron chi connectivity index (χ4n) is 3.10. The quantitative estimate of drug-likeness (QED) is 0.596. The summed E-state index contributed by atoms with van der Waals surface area (Å²) in [7, 11) is 4.67. The first-order chi connectivity index (χ1) is 11.0. The number of fused-ring (bicyclic) bond motifs is 1. The molecule has 23 heavy (non-hydrogen) atoms. The highest BCUT2D eigenvalue weighted by atomic mass is 16.5. The van der Waals surface area contributed by atoms with Crippen molar-refractivity contribution in [3.63, 3.8) is 0 Å². The van der Waals surface area contributed by atoms with Gasteiger partial charge >= 0.3 is 5.97 Å². The smallest absolute Gasteiger partial charge is 0.307 e. The van der Waals surface area contributed by atoms with E-state index in [-0.39, 0.29) is 12.0 Å². The summed E-state index contributed by atoms with van der Waals surface area (Å²) in [6, 6.07) is 3.95. The zero-order chi connectivity index (χ0) is 17.0. The Morgan fingerprint density at radius 2 is 1.91 bits per heavy atom. The second-order valence-corrected chi connectivity index (χ2v) is 5.88. The maximum Gasteiger partial charge on any atom is 0.307 e. The Morgan fingerprint density at radius 1 is 1.26 bits per heavy atom. The van der Waals surface area contributed by atoms with Crippen molar-refractivity contribution >= 4 is 5.97 Å². The van der Waals surface area contributed by atoms with Crippen LogP contribution in [0.25, 0.3) is 0 Å². The van der Waals surface area contributed by atoms with Gasteiger partial charge in [0.1, 0.15) is 0 Å². The number of benzene rings is 1. The Morgan fingerprint density at radius 3 is 2.48 bits per heavy atom. The minimum atomic E-state index is -0.218. The second-order valence-electron chi connectivity index (χ2n) is 5.88. The number of nitrogens with zero attached hydrogens (tertiary/aromatic N) is 1. The van der Waals surface area contributed by atoms with E-state index < -0.39 is 0 Å². The number of ether oxygens (including phenoxy) is 3. The van der Waals surface area contributed by atoms with Crippen LogP contribution in [0.15, 0.2) is 24.3 Å². The molecule has 0 bridgehead atoms. The summed E-state index contributed by atoms with van der Waals surface area (Å²) in [5.74, 6) is 1.18. The molecule has 0 fully saturated rings. The molecule has 0 aromatic heterocycles. The van der Waals surface area contributed by atoms with Gasteiger partial charge in [-0.25, -0.2) is 0 Å². The molecular formula is C18H25NO4. The largest absolute Gasteiger partial charge is 0.493 e. The Kier molecular flexibility index (Phi) is 5.66. The molecule has 0 saturated heterocycles. The van der Waals surface area contributed by atoms with E-state index in [1.165, 1.54) is 12.7 Å². The molecule has 0 unspecified atom stereocenters. The van der Waals surface area contributed by atoms with Gasteiger partial charge in [0.2, 0.25) is 0 Å². The van der Waals surface area contributed by atoms with Gasteiger partial charge in [-0.2, -0.15) is 0 Å². The van der Waals surface area contributed by atoms with Gasteiger partial charge in [-0.15, -0.1) is 0 Å². The Labute approximate surface area is 137 Å². The highest BCUT2D eigenvalue weighted by Gasteiger charge is 2.31. The molecule has 1 aliphatic rings. The van der Waals surface area contributed by atoms with Crippen LogP contribution in [0.4, 0.5) is 0 Å². The zero-order valence-electron chi connectivity index (χ0n) is 14.3. The fourth-order valence-corrected chi connectivity index (χ4v) is 3.10. The second kappa shape index (κ2) is 7.51. The number of rotatable bonds is 6. The molecule has 1 aromatic carbocycles. The van der Waals surface area contributed by atoms with Gasteiger partial charge in [-0.3, -0.25) is 9.69 Å². The molecule has 2 rings (SSSR count). The first-order valence-electron chi connectivity index (χ1n) is 7.70. The van der Waals surface area contributed by atoms with E-state index in [1.54, 1.807) is 14.2 Å². The maximum absolute atomic E-state index is 11.9. The Bertz CT molecular complexity index is 597. The lowest BCUT2D eigenvalue weighted by Gasteiger charge is -2.37. The van der Waals surface area contributed by atoms with E-state index >= 15 is 0 Å². The third-order valence-electron chi connectivity index (χ3n) is 4.17. The molecule has 5 nitrogen and oxygen atoms in total. The molecule has 0 radical (unpaired) electrons. The van der Waals surface area contributed by atoms with Crippen LogP contribution in [0.5, 0.6) is 11.5 Å². The zero-order valence-corrected chi connectivity index (χ0v) is 14.3. The summed E-state index contributed by atoms with van der Waals surface area (Å²) in [6.07, 6.45) is 1.22. The summed E-state index contributed by atoms with van der Waals surface area (Å²) in [5.41, 5.74) is 3.36. The van der Waals surface area contributed by atoms with Crippen LogP contribution in [0.1, 0.15) is 30.5 Å². The molecule has 1 heterocycles. The van der Waals surface area contributed by atoms with Crippen LogP contribution in [-0.4, -0.2) is 45.3 Å². The predicted molar refractivity (Wildman–Crippen MR) is 89.0 cm³/mol. The van der Waals surface area contributed by atoms with E-state index in [0.29, 0.717) is 12.2 Å². The summed E-state index contributed by atoms with van der Waals surface area (Å²) in [5, 5.41) is 0. The lowest BCUT2D eigenvalue weighted by atomic mass is 9.89. The van der Waals surface area contributed by atoms with Gasteiger partial charge < -0.3 is 14.2 Å². The molecule has 0 amide bonds. The fraction of sp³-hybridized carbons (Fsp3) is 0.500. The number of hydrogen-bond acceptors (Lipinski definition) is 5.